The maximum Gasteiger partial charge on any atom is 0.128 e. The zero-order valence-electron chi connectivity index (χ0n) is 12.5. The highest BCUT2D eigenvalue weighted by Gasteiger charge is 2.22. The predicted molar refractivity (Wildman–Crippen MR) is 85.0 cm³/mol. The quantitative estimate of drug-likeness (QED) is 0.760. The molecule has 0 aliphatic carbocycles. The van der Waals surface area contributed by atoms with Gasteiger partial charge in [-0.25, -0.2) is 4.39 Å². The molecule has 1 N–H and O–H groups in total. The largest absolute Gasteiger partial charge is 0.361 e. The molecule has 1 atom stereocenters. The van der Waals surface area contributed by atoms with Crippen LogP contribution < -0.4 is 0 Å². The number of aromatic nitrogens is 1. The number of nitrogens with zero attached hydrogens (tertiary/aromatic N) is 1. The van der Waals surface area contributed by atoms with Crippen LogP contribution >= 0.6 is 0 Å². The van der Waals surface area contributed by atoms with Gasteiger partial charge in [-0.3, -0.25) is 4.90 Å². The third kappa shape index (κ3) is 2.34. The van der Waals surface area contributed by atoms with Crippen molar-refractivity contribution in [3.8, 4) is 0 Å². The Hall–Kier alpha value is -2.13. The predicted octanol–water partition coefficient (Wildman–Crippen LogP) is 4.27. The average Bonchev–Trinajstić information content (AvgIpc) is 2.86. The highest BCUT2D eigenvalue weighted by molar-refractivity contribution is 5.86. The third-order valence-electron chi connectivity index (χ3n) is 3.97. The Kier molecular flexibility index (Phi) is 3.52. The van der Waals surface area contributed by atoms with Crippen LogP contribution in [0.2, 0.25) is 0 Å². The number of halogens is 1. The molecule has 108 valence electrons. The minimum Gasteiger partial charge on any atom is -0.361 e. The highest BCUT2D eigenvalue weighted by Crippen LogP contribution is 2.34. The van der Waals surface area contributed by atoms with Crippen molar-refractivity contribution in [2.45, 2.75) is 13.0 Å². The van der Waals surface area contributed by atoms with Gasteiger partial charge in [0, 0.05) is 22.7 Å². The Morgan fingerprint density at radius 2 is 1.76 bits per heavy atom. The Morgan fingerprint density at radius 1 is 1.00 bits per heavy atom. The van der Waals surface area contributed by atoms with Crippen molar-refractivity contribution in [2.75, 3.05) is 14.1 Å². The number of rotatable bonds is 3. The summed E-state index contributed by atoms with van der Waals surface area (Å²) in [5.41, 5.74) is 4.12. The Balaban J connectivity index is 2.22. The summed E-state index contributed by atoms with van der Waals surface area (Å²) in [4.78, 5) is 5.38. The molecule has 2 aromatic carbocycles. The van der Waals surface area contributed by atoms with E-state index in [9.17, 15) is 4.39 Å². The molecule has 2 nitrogen and oxygen atoms in total. The number of H-pyrrole nitrogens is 1. The SMILES string of the molecule is Cc1cccc2c(C(c3ccccc3F)N(C)C)c[nH]c12. The van der Waals surface area contributed by atoms with Crippen molar-refractivity contribution in [3.05, 3.63) is 71.2 Å². The molecule has 0 saturated carbocycles. The number of para-hydroxylation sites is 1. The van der Waals surface area contributed by atoms with Crippen LogP contribution in [0.5, 0.6) is 0 Å². The second-order valence-corrected chi connectivity index (χ2v) is 5.63. The van der Waals surface area contributed by atoms with Crippen molar-refractivity contribution in [1.82, 2.24) is 9.88 Å². The number of hydrogen-bond donors (Lipinski definition) is 1. The van der Waals surface area contributed by atoms with E-state index in [0.717, 1.165) is 16.5 Å². The molecule has 1 aromatic heterocycles. The lowest BCUT2D eigenvalue weighted by molar-refractivity contribution is 0.335. The molecule has 0 bridgehead atoms. The van der Waals surface area contributed by atoms with Crippen LogP contribution in [0.3, 0.4) is 0 Å². The van der Waals surface area contributed by atoms with Crippen molar-refractivity contribution in [3.63, 3.8) is 0 Å². The topological polar surface area (TPSA) is 19.0 Å². The Bertz CT molecular complexity index is 774. The lowest BCUT2D eigenvalue weighted by atomic mass is 9.96. The molecule has 3 heteroatoms. The number of aryl methyl sites for hydroxylation is 1. The molecule has 3 rings (SSSR count). The van der Waals surface area contributed by atoms with Gasteiger partial charge in [0.25, 0.3) is 0 Å². The molecule has 3 aromatic rings. The van der Waals surface area contributed by atoms with Crippen LogP contribution in [-0.2, 0) is 0 Å². The molecule has 0 amide bonds. The smallest absolute Gasteiger partial charge is 0.128 e. The van der Waals surface area contributed by atoms with E-state index < -0.39 is 0 Å². The Morgan fingerprint density at radius 3 is 2.48 bits per heavy atom. The Labute approximate surface area is 124 Å². The minimum atomic E-state index is -0.168. The fourth-order valence-electron chi connectivity index (χ4n) is 2.97. The van der Waals surface area contributed by atoms with Gasteiger partial charge in [-0.2, -0.15) is 0 Å². The van der Waals surface area contributed by atoms with Gasteiger partial charge in [-0.05, 0) is 38.2 Å². The van der Waals surface area contributed by atoms with E-state index in [2.05, 4.69) is 24.0 Å². The van der Waals surface area contributed by atoms with Crippen molar-refractivity contribution >= 4 is 10.9 Å². The minimum absolute atomic E-state index is 0.109. The monoisotopic (exact) mass is 282 g/mol. The molecular formula is C18H19FN2. The molecule has 0 fully saturated rings. The van der Waals surface area contributed by atoms with E-state index >= 15 is 0 Å². The van der Waals surface area contributed by atoms with Crippen LogP contribution in [0.4, 0.5) is 4.39 Å². The maximum atomic E-state index is 14.2. The van der Waals surface area contributed by atoms with Gasteiger partial charge in [0.15, 0.2) is 0 Å². The van der Waals surface area contributed by atoms with E-state index in [1.807, 2.05) is 43.4 Å². The number of nitrogens with one attached hydrogen (secondary N) is 1. The molecular weight excluding hydrogens is 263 g/mol. The fourth-order valence-corrected chi connectivity index (χ4v) is 2.97. The van der Waals surface area contributed by atoms with Gasteiger partial charge in [0.05, 0.1) is 6.04 Å². The van der Waals surface area contributed by atoms with E-state index in [1.165, 1.54) is 11.6 Å². The van der Waals surface area contributed by atoms with Gasteiger partial charge < -0.3 is 4.98 Å². The molecule has 0 aliphatic heterocycles. The number of hydrogen-bond acceptors (Lipinski definition) is 1. The van der Waals surface area contributed by atoms with Gasteiger partial charge in [-0.15, -0.1) is 0 Å². The summed E-state index contributed by atoms with van der Waals surface area (Å²) < 4.78 is 14.2. The van der Waals surface area contributed by atoms with Gasteiger partial charge >= 0.3 is 0 Å². The van der Waals surface area contributed by atoms with E-state index in [1.54, 1.807) is 6.07 Å². The average molecular weight is 282 g/mol. The summed E-state index contributed by atoms with van der Waals surface area (Å²) in [6, 6.07) is 13.1. The molecule has 1 unspecified atom stereocenters. The second-order valence-electron chi connectivity index (χ2n) is 5.63. The first-order valence-electron chi connectivity index (χ1n) is 7.07. The first kappa shape index (κ1) is 13.8. The summed E-state index contributed by atoms with van der Waals surface area (Å²) in [6.07, 6.45) is 1.99. The lowest BCUT2D eigenvalue weighted by Gasteiger charge is -2.25. The molecule has 0 aliphatic rings. The molecule has 0 spiro atoms. The second kappa shape index (κ2) is 5.34. The zero-order valence-corrected chi connectivity index (χ0v) is 12.5. The normalized spacial score (nSPS) is 13.0. The zero-order chi connectivity index (χ0) is 15.0. The van der Waals surface area contributed by atoms with Crippen LogP contribution in [0.15, 0.2) is 48.7 Å². The molecule has 1 heterocycles. The fraction of sp³-hybridized carbons (Fsp3) is 0.222. The first-order chi connectivity index (χ1) is 10.1. The lowest BCUT2D eigenvalue weighted by Crippen LogP contribution is -2.21. The summed E-state index contributed by atoms with van der Waals surface area (Å²) in [6.45, 7) is 2.08. The number of fused-ring (bicyclic) bond motifs is 1. The highest BCUT2D eigenvalue weighted by atomic mass is 19.1. The van der Waals surface area contributed by atoms with Crippen LogP contribution in [-0.4, -0.2) is 24.0 Å². The van der Waals surface area contributed by atoms with E-state index in [-0.39, 0.29) is 11.9 Å². The molecule has 0 radical (unpaired) electrons. The summed E-state index contributed by atoms with van der Waals surface area (Å²) in [7, 11) is 3.96. The summed E-state index contributed by atoms with van der Waals surface area (Å²) in [5.74, 6) is -0.168. The number of benzene rings is 2. The standard InChI is InChI=1S/C18H19FN2/c1-12-7-6-9-13-15(11-20-17(12)13)18(21(2)3)14-8-4-5-10-16(14)19/h4-11,18,20H,1-3H3. The van der Waals surface area contributed by atoms with Gasteiger partial charge in [0.2, 0.25) is 0 Å². The molecule has 21 heavy (non-hydrogen) atoms. The number of aromatic amines is 1. The first-order valence-corrected chi connectivity index (χ1v) is 7.07. The van der Waals surface area contributed by atoms with Crippen LogP contribution in [0, 0.1) is 12.7 Å². The van der Waals surface area contributed by atoms with Gasteiger partial charge in [-0.1, -0.05) is 36.4 Å². The van der Waals surface area contributed by atoms with E-state index in [4.69, 9.17) is 0 Å². The van der Waals surface area contributed by atoms with Crippen LogP contribution in [0.1, 0.15) is 22.7 Å². The van der Waals surface area contributed by atoms with Gasteiger partial charge in [0.1, 0.15) is 5.82 Å². The molecule has 0 saturated heterocycles. The van der Waals surface area contributed by atoms with Crippen molar-refractivity contribution in [1.29, 1.82) is 0 Å². The van der Waals surface area contributed by atoms with Crippen LogP contribution in [0.25, 0.3) is 10.9 Å². The summed E-state index contributed by atoms with van der Waals surface area (Å²) in [5, 5.41) is 1.15. The van der Waals surface area contributed by atoms with Crippen molar-refractivity contribution in [2.24, 2.45) is 0 Å². The van der Waals surface area contributed by atoms with Crippen molar-refractivity contribution < 1.29 is 4.39 Å². The third-order valence-corrected chi connectivity index (χ3v) is 3.97. The summed E-state index contributed by atoms with van der Waals surface area (Å²) >= 11 is 0. The maximum absolute atomic E-state index is 14.2. The van der Waals surface area contributed by atoms with E-state index in [0.29, 0.717) is 5.56 Å².